The first-order valence-corrected chi connectivity index (χ1v) is 5.02. The molecule has 17 heavy (non-hydrogen) atoms. The lowest BCUT2D eigenvalue weighted by atomic mass is 10.4. The average Bonchev–Trinajstić information content (AvgIpc) is 2.74. The topological polar surface area (TPSA) is 81.4 Å². The molecule has 0 aliphatic rings. The Morgan fingerprint density at radius 1 is 1.18 bits per heavy atom. The molecule has 0 bridgehead atoms. The first-order chi connectivity index (χ1) is 8.34. The van der Waals surface area contributed by atoms with Crippen LogP contribution < -0.4 is 5.32 Å². The van der Waals surface area contributed by atoms with Crippen LogP contribution in [-0.4, -0.2) is 29.9 Å². The van der Waals surface area contributed by atoms with E-state index in [1.54, 1.807) is 24.1 Å². The molecule has 3 aromatic heterocycles. The standard InChI is InChI=1S/C10H9N7/c1-17-10-8(15-16-17)9(12-6-13-10)14-7-2-4-11-5-3-7/h2-6H,1H3,(H,11,12,13,14). The van der Waals surface area contributed by atoms with Crippen LogP contribution in [0.25, 0.3) is 11.2 Å². The summed E-state index contributed by atoms with van der Waals surface area (Å²) in [5.74, 6) is 0.634. The number of hydrogen-bond donors (Lipinski definition) is 1. The molecular formula is C10H9N7. The van der Waals surface area contributed by atoms with E-state index in [2.05, 4.69) is 30.6 Å². The Morgan fingerprint density at radius 2 is 2.00 bits per heavy atom. The molecule has 3 heterocycles. The van der Waals surface area contributed by atoms with E-state index in [-0.39, 0.29) is 0 Å². The van der Waals surface area contributed by atoms with Gasteiger partial charge in [-0.05, 0) is 12.1 Å². The van der Waals surface area contributed by atoms with E-state index in [9.17, 15) is 0 Å². The van der Waals surface area contributed by atoms with Crippen molar-refractivity contribution >= 4 is 22.7 Å². The number of rotatable bonds is 2. The second-order valence-electron chi connectivity index (χ2n) is 3.47. The highest BCUT2D eigenvalue weighted by molar-refractivity contribution is 5.84. The third-order valence-corrected chi connectivity index (χ3v) is 2.33. The summed E-state index contributed by atoms with van der Waals surface area (Å²) in [6.45, 7) is 0. The minimum atomic E-state index is 0.634. The van der Waals surface area contributed by atoms with E-state index in [0.29, 0.717) is 17.0 Å². The summed E-state index contributed by atoms with van der Waals surface area (Å²) in [6, 6.07) is 3.70. The number of aryl methyl sites for hydroxylation is 1. The number of anilines is 2. The third kappa shape index (κ3) is 1.67. The molecule has 0 fully saturated rings. The molecule has 84 valence electrons. The Balaban J connectivity index is 2.06. The van der Waals surface area contributed by atoms with E-state index < -0.39 is 0 Å². The van der Waals surface area contributed by atoms with Crippen LogP contribution in [0.2, 0.25) is 0 Å². The molecule has 0 saturated heterocycles. The highest BCUT2D eigenvalue weighted by Crippen LogP contribution is 2.19. The van der Waals surface area contributed by atoms with Crippen molar-refractivity contribution in [3.63, 3.8) is 0 Å². The van der Waals surface area contributed by atoms with Crippen LogP contribution in [0, 0.1) is 0 Å². The van der Waals surface area contributed by atoms with Gasteiger partial charge in [0.25, 0.3) is 0 Å². The number of nitrogens with one attached hydrogen (secondary N) is 1. The fourth-order valence-electron chi connectivity index (χ4n) is 1.52. The Kier molecular flexibility index (Phi) is 2.14. The molecule has 0 spiro atoms. The summed E-state index contributed by atoms with van der Waals surface area (Å²) in [4.78, 5) is 12.2. The summed E-state index contributed by atoms with van der Waals surface area (Å²) in [5.41, 5.74) is 2.23. The predicted octanol–water partition coefficient (Wildman–Crippen LogP) is 0.897. The Morgan fingerprint density at radius 3 is 2.82 bits per heavy atom. The van der Waals surface area contributed by atoms with Gasteiger partial charge in [0, 0.05) is 25.1 Å². The number of hydrogen-bond acceptors (Lipinski definition) is 6. The van der Waals surface area contributed by atoms with Gasteiger partial charge < -0.3 is 5.32 Å². The molecule has 0 aromatic carbocycles. The molecule has 3 aromatic rings. The molecule has 3 rings (SSSR count). The van der Waals surface area contributed by atoms with Crippen LogP contribution in [0.1, 0.15) is 0 Å². The summed E-state index contributed by atoms with van der Waals surface area (Å²) in [7, 11) is 1.79. The van der Waals surface area contributed by atoms with Crippen LogP contribution in [0.5, 0.6) is 0 Å². The first kappa shape index (κ1) is 9.64. The molecule has 7 heteroatoms. The van der Waals surface area contributed by atoms with E-state index in [1.807, 2.05) is 12.1 Å². The Hall–Kier alpha value is -2.57. The number of fused-ring (bicyclic) bond motifs is 1. The summed E-state index contributed by atoms with van der Waals surface area (Å²) < 4.78 is 1.61. The molecule has 0 unspecified atom stereocenters. The second-order valence-corrected chi connectivity index (χ2v) is 3.47. The van der Waals surface area contributed by atoms with Crippen LogP contribution in [0.4, 0.5) is 11.5 Å². The zero-order chi connectivity index (χ0) is 11.7. The molecule has 7 nitrogen and oxygen atoms in total. The zero-order valence-electron chi connectivity index (χ0n) is 9.07. The highest BCUT2D eigenvalue weighted by atomic mass is 15.4. The normalized spacial score (nSPS) is 10.6. The van der Waals surface area contributed by atoms with Gasteiger partial charge in [0.2, 0.25) is 0 Å². The molecule has 0 saturated carbocycles. The van der Waals surface area contributed by atoms with Crippen molar-refractivity contribution in [2.45, 2.75) is 0 Å². The van der Waals surface area contributed by atoms with Gasteiger partial charge in [0.15, 0.2) is 17.0 Å². The maximum atomic E-state index is 4.16. The third-order valence-electron chi connectivity index (χ3n) is 2.33. The van der Waals surface area contributed by atoms with Crippen molar-refractivity contribution < 1.29 is 0 Å². The molecule has 0 aliphatic carbocycles. The zero-order valence-corrected chi connectivity index (χ0v) is 9.07. The molecule has 0 atom stereocenters. The maximum absolute atomic E-state index is 4.16. The van der Waals surface area contributed by atoms with Crippen LogP contribution in [-0.2, 0) is 7.05 Å². The molecule has 0 amide bonds. The van der Waals surface area contributed by atoms with E-state index in [4.69, 9.17) is 0 Å². The fraction of sp³-hybridized carbons (Fsp3) is 0.100. The second kappa shape index (κ2) is 3.78. The lowest BCUT2D eigenvalue weighted by Crippen LogP contribution is -1.97. The Bertz CT molecular complexity index is 646. The SMILES string of the molecule is Cn1nnc2c(Nc3ccncc3)ncnc21. The molecular weight excluding hydrogens is 218 g/mol. The summed E-state index contributed by atoms with van der Waals surface area (Å²) >= 11 is 0. The van der Waals surface area contributed by atoms with E-state index in [0.717, 1.165) is 5.69 Å². The lowest BCUT2D eigenvalue weighted by molar-refractivity contribution is 0.729. The number of nitrogens with zero attached hydrogens (tertiary/aromatic N) is 6. The van der Waals surface area contributed by atoms with Crippen molar-refractivity contribution in [2.24, 2.45) is 7.05 Å². The molecule has 0 aliphatic heterocycles. The van der Waals surface area contributed by atoms with Crippen LogP contribution in [0.15, 0.2) is 30.9 Å². The largest absolute Gasteiger partial charge is 0.338 e. The van der Waals surface area contributed by atoms with Gasteiger partial charge in [-0.1, -0.05) is 5.21 Å². The van der Waals surface area contributed by atoms with Gasteiger partial charge >= 0.3 is 0 Å². The first-order valence-electron chi connectivity index (χ1n) is 5.02. The minimum Gasteiger partial charge on any atom is -0.338 e. The van der Waals surface area contributed by atoms with Gasteiger partial charge in [-0.3, -0.25) is 4.98 Å². The van der Waals surface area contributed by atoms with Crippen LogP contribution in [0.3, 0.4) is 0 Å². The highest BCUT2D eigenvalue weighted by Gasteiger charge is 2.09. The van der Waals surface area contributed by atoms with Crippen molar-refractivity contribution in [2.75, 3.05) is 5.32 Å². The molecule has 1 N–H and O–H groups in total. The van der Waals surface area contributed by atoms with E-state index in [1.165, 1.54) is 6.33 Å². The van der Waals surface area contributed by atoms with Gasteiger partial charge in [0.05, 0.1) is 0 Å². The minimum absolute atomic E-state index is 0.634. The van der Waals surface area contributed by atoms with Crippen molar-refractivity contribution in [3.05, 3.63) is 30.9 Å². The fourth-order valence-corrected chi connectivity index (χ4v) is 1.52. The Labute approximate surface area is 96.5 Å². The maximum Gasteiger partial charge on any atom is 0.183 e. The quantitative estimate of drug-likeness (QED) is 0.700. The summed E-state index contributed by atoms with van der Waals surface area (Å²) in [6.07, 6.45) is 4.89. The van der Waals surface area contributed by atoms with Crippen molar-refractivity contribution in [3.8, 4) is 0 Å². The van der Waals surface area contributed by atoms with Gasteiger partial charge in [-0.2, -0.15) is 0 Å². The van der Waals surface area contributed by atoms with Crippen molar-refractivity contribution in [1.82, 2.24) is 29.9 Å². The van der Waals surface area contributed by atoms with Crippen LogP contribution >= 0.6 is 0 Å². The number of pyridine rings is 1. The smallest absolute Gasteiger partial charge is 0.183 e. The average molecular weight is 227 g/mol. The van der Waals surface area contributed by atoms with E-state index >= 15 is 0 Å². The van der Waals surface area contributed by atoms with Crippen molar-refractivity contribution in [1.29, 1.82) is 0 Å². The van der Waals surface area contributed by atoms with Gasteiger partial charge in [0.1, 0.15) is 6.33 Å². The van der Waals surface area contributed by atoms with Gasteiger partial charge in [-0.25, -0.2) is 14.6 Å². The predicted molar refractivity (Wildman–Crippen MR) is 61.6 cm³/mol. The monoisotopic (exact) mass is 227 g/mol. The molecule has 0 radical (unpaired) electrons. The summed E-state index contributed by atoms with van der Waals surface area (Å²) in [5, 5.41) is 11.1. The number of aromatic nitrogens is 6. The van der Waals surface area contributed by atoms with Gasteiger partial charge in [-0.15, -0.1) is 5.10 Å². The lowest BCUT2D eigenvalue weighted by Gasteiger charge is -2.04.